The zero-order chi connectivity index (χ0) is 9.84. The fourth-order valence-corrected chi connectivity index (χ4v) is 0.716. The number of hydrogen-bond acceptors (Lipinski definition) is 2. The molecule has 0 aliphatic heterocycles. The van der Waals surface area contributed by atoms with E-state index in [1.165, 1.54) is 30.3 Å². The second kappa shape index (κ2) is 3.57. The first-order valence-corrected chi connectivity index (χ1v) is 3.30. The van der Waals surface area contributed by atoms with E-state index in [0.717, 1.165) is 0 Å². The maximum atomic E-state index is 10.3. The molecular weight excluding hydrogens is 156 g/mol. The summed E-state index contributed by atoms with van der Waals surface area (Å²) in [7, 11) is 0. The van der Waals surface area contributed by atoms with Crippen molar-refractivity contribution in [3.63, 3.8) is 0 Å². The predicted molar refractivity (Wildman–Crippen MR) is 44.8 cm³/mol. The van der Waals surface area contributed by atoms with Gasteiger partial charge in [0.2, 0.25) is 0 Å². The molecule has 0 unspecified atom stereocenters. The minimum Gasteiger partial charge on any atom is -0.508 e. The van der Waals surface area contributed by atoms with E-state index in [-0.39, 0.29) is 5.75 Å². The Kier molecular flexibility index (Phi) is 2.06. The largest absolute Gasteiger partial charge is 0.508 e. The maximum absolute atomic E-state index is 10.3. The van der Waals surface area contributed by atoms with Crippen LogP contribution in [-0.4, -0.2) is 16.2 Å². The van der Waals surface area contributed by atoms with Gasteiger partial charge in [0.25, 0.3) is 0 Å². The van der Waals surface area contributed by atoms with E-state index in [2.05, 4.69) is 0 Å². The second-order valence-electron chi connectivity index (χ2n) is 2.19. The SMILES string of the molecule is [2H]C(=Cc1ccc(O)cc1)C(=O)O. The molecule has 0 atom stereocenters. The predicted octanol–water partition coefficient (Wildman–Crippen LogP) is 1.49. The summed E-state index contributed by atoms with van der Waals surface area (Å²) in [4.78, 5) is 10.3. The summed E-state index contributed by atoms with van der Waals surface area (Å²) in [5, 5.41) is 17.3. The molecule has 1 aromatic rings. The van der Waals surface area contributed by atoms with Crippen LogP contribution < -0.4 is 0 Å². The number of carbonyl (C=O) groups is 1. The number of carboxylic acid groups (broad SMARTS) is 1. The molecule has 62 valence electrons. The molecule has 0 radical (unpaired) electrons. The molecule has 0 aliphatic rings. The summed E-state index contributed by atoms with van der Waals surface area (Å²) in [6.07, 6.45) is 1.21. The van der Waals surface area contributed by atoms with Crippen molar-refractivity contribution < 1.29 is 16.4 Å². The van der Waals surface area contributed by atoms with Crippen molar-refractivity contribution in [3.8, 4) is 5.75 Å². The van der Waals surface area contributed by atoms with Crippen molar-refractivity contribution in [2.45, 2.75) is 0 Å². The van der Waals surface area contributed by atoms with Gasteiger partial charge < -0.3 is 10.2 Å². The normalized spacial score (nSPS) is 12.3. The molecule has 12 heavy (non-hydrogen) atoms. The number of phenols is 1. The fraction of sp³-hybridized carbons (Fsp3) is 0. The molecule has 0 spiro atoms. The summed E-state index contributed by atoms with van der Waals surface area (Å²) < 4.78 is 7.02. The molecule has 0 saturated carbocycles. The lowest BCUT2D eigenvalue weighted by Gasteiger charge is -1.92. The molecule has 0 heterocycles. The Morgan fingerprint density at radius 3 is 2.50 bits per heavy atom. The first-order valence-electron chi connectivity index (χ1n) is 3.80. The molecule has 1 aromatic carbocycles. The molecule has 0 aromatic heterocycles. The Morgan fingerprint density at radius 1 is 1.42 bits per heavy atom. The highest BCUT2D eigenvalue weighted by molar-refractivity contribution is 5.85. The first-order chi connectivity index (χ1) is 6.09. The standard InChI is InChI=1S/C9H8O3/c10-8-4-1-7(2-5-8)3-6-9(11)12/h1-6,10H,(H,11,12)/i6D. The van der Waals surface area contributed by atoms with E-state index in [1.807, 2.05) is 0 Å². The number of rotatable bonds is 2. The molecule has 3 nitrogen and oxygen atoms in total. The van der Waals surface area contributed by atoms with Crippen LogP contribution >= 0.6 is 0 Å². The monoisotopic (exact) mass is 165 g/mol. The van der Waals surface area contributed by atoms with Gasteiger partial charge >= 0.3 is 5.97 Å². The fourth-order valence-electron chi connectivity index (χ4n) is 0.716. The van der Waals surface area contributed by atoms with Gasteiger partial charge in [-0.2, -0.15) is 0 Å². The topological polar surface area (TPSA) is 57.5 Å². The Hall–Kier alpha value is -1.77. The summed E-state index contributed by atoms with van der Waals surface area (Å²) in [5.41, 5.74) is 0.574. The maximum Gasteiger partial charge on any atom is 0.328 e. The zero-order valence-corrected chi connectivity index (χ0v) is 6.19. The lowest BCUT2D eigenvalue weighted by atomic mass is 10.2. The van der Waals surface area contributed by atoms with Crippen LogP contribution in [0.4, 0.5) is 0 Å². The smallest absolute Gasteiger partial charge is 0.328 e. The minimum absolute atomic E-state index is 0.110. The third-order valence-corrected chi connectivity index (χ3v) is 1.26. The van der Waals surface area contributed by atoms with Crippen LogP contribution in [0.5, 0.6) is 5.75 Å². The number of carboxylic acids is 1. The average Bonchev–Trinajstić information content (AvgIpc) is 2.08. The van der Waals surface area contributed by atoms with E-state index in [9.17, 15) is 4.79 Å². The Labute approximate surface area is 71.0 Å². The molecule has 0 amide bonds. The van der Waals surface area contributed by atoms with Gasteiger partial charge in [0, 0.05) is 6.05 Å². The Bertz CT molecular complexity index is 340. The first kappa shape index (κ1) is 6.91. The van der Waals surface area contributed by atoms with Gasteiger partial charge in [0.15, 0.2) is 0 Å². The summed E-state index contributed by atoms with van der Waals surface area (Å²) >= 11 is 0. The third kappa shape index (κ3) is 2.46. The van der Waals surface area contributed by atoms with E-state index in [0.29, 0.717) is 5.56 Å². The Balaban J connectivity index is 2.92. The van der Waals surface area contributed by atoms with Crippen molar-refractivity contribution in [1.29, 1.82) is 0 Å². The molecule has 0 fully saturated rings. The van der Waals surface area contributed by atoms with Crippen molar-refractivity contribution in [3.05, 3.63) is 35.9 Å². The molecular formula is C9H8O3. The average molecular weight is 165 g/mol. The number of hydrogen-bond donors (Lipinski definition) is 2. The molecule has 1 rings (SSSR count). The number of aliphatic carboxylic acids is 1. The van der Waals surface area contributed by atoms with Gasteiger partial charge in [0.05, 0.1) is 1.37 Å². The second-order valence-corrected chi connectivity index (χ2v) is 2.19. The van der Waals surface area contributed by atoms with E-state index >= 15 is 0 Å². The lowest BCUT2D eigenvalue weighted by molar-refractivity contribution is -0.131. The van der Waals surface area contributed by atoms with E-state index in [1.54, 1.807) is 0 Å². The van der Waals surface area contributed by atoms with Crippen LogP contribution in [0.3, 0.4) is 0 Å². The minimum atomic E-state index is -1.27. The third-order valence-electron chi connectivity index (χ3n) is 1.26. The van der Waals surface area contributed by atoms with Crippen molar-refractivity contribution >= 4 is 12.0 Å². The van der Waals surface area contributed by atoms with Gasteiger partial charge in [0.1, 0.15) is 5.75 Å². The lowest BCUT2D eigenvalue weighted by Crippen LogP contribution is -1.85. The van der Waals surface area contributed by atoms with Gasteiger partial charge in [-0.1, -0.05) is 12.1 Å². The Morgan fingerprint density at radius 2 is 2.00 bits per heavy atom. The molecule has 3 heteroatoms. The van der Waals surface area contributed by atoms with Crippen LogP contribution in [0.2, 0.25) is 0 Å². The van der Waals surface area contributed by atoms with Gasteiger partial charge in [-0.3, -0.25) is 0 Å². The highest BCUT2D eigenvalue weighted by atomic mass is 16.4. The highest BCUT2D eigenvalue weighted by Gasteiger charge is 1.89. The van der Waals surface area contributed by atoms with Crippen LogP contribution in [-0.2, 0) is 4.79 Å². The highest BCUT2D eigenvalue weighted by Crippen LogP contribution is 2.10. The zero-order valence-electron chi connectivity index (χ0n) is 7.19. The van der Waals surface area contributed by atoms with E-state index in [4.69, 9.17) is 11.6 Å². The summed E-state index contributed by atoms with van der Waals surface area (Å²) in [6, 6.07) is 5.45. The van der Waals surface area contributed by atoms with Crippen LogP contribution in [0.1, 0.15) is 6.93 Å². The molecule has 0 bridgehead atoms. The number of aromatic hydroxyl groups is 1. The summed E-state index contributed by atoms with van der Waals surface area (Å²) in [6.45, 7) is 0. The van der Waals surface area contributed by atoms with Crippen LogP contribution in [0, 0.1) is 0 Å². The van der Waals surface area contributed by atoms with E-state index < -0.39 is 12.0 Å². The van der Waals surface area contributed by atoms with Crippen LogP contribution in [0.25, 0.3) is 6.08 Å². The van der Waals surface area contributed by atoms with Crippen molar-refractivity contribution in [2.24, 2.45) is 0 Å². The quantitative estimate of drug-likeness (QED) is 0.653. The molecule has 0 saturated heterocycles. The van der Waals surface area contributed by atoms with Gasteiger partial charge in [-0.05, 0) is 23.8 Å². The summed E-state index contributed by atoms with van der Waals surface area (Å²) in [5.74, 6) is -1.16. The van der Waals surface area contributed by atoms with Gasteiger partial charge in [-0.25, -0.2) is 4.79 Å². The molecule has 2 N–H and O–H groups in total. The van der Waals surface area contributed by atoms with Crippen molar-refractivity contribution in [1.82, 2.24) is 0 Å². The van der Waals surface area contributed by atoms with Gasteiger partial charge in [-0.15, -0.1) is 0 Å². The molecule has 0 aliphatic carbocycles. The van der Waals surface area contributed by atoms with Crippen molar-refractivity contribution in [2.75, 3.05) is 0 Å². The number of phenolic OH excluding ortho intramolecular Hbond substituents is 1. The van der Waals surface area contributed by atoms with Crippen LogP contribution in [0.15, 0.2) is 30.3 Å². The number of benzene rings is 1.